The molecule has 0 aliphatic carbocycles. The van der Waals surface area contributed by atoms with Gasteiger partial charge in [0.15, 0.2) is 0 Å². The minimum Gasteiger partial charge on any atom is -0.463 e. The number of hydrogen-bond acceptors (Lipinski definition) is 2. The predicted molar refractivity (Wildman–Crippen MR) is 100 cm³/mol. The summed E-state index contributed by atoms with van der Waals surface area (Å²) >= 11 is 0. The Labute approximate surface area is 143 Å². The first-order chi connectivity index (χ1) is 10.8. The highest BCUT2D eigenvalue weighted by Crippen LogP contribution is 2.22. The van der Waals surface area contributed by atoms with Gasteiger partial charge in [0.1, 0.15) is 0 Å². The Morgan fingerprint density at radius 3 is 2.30 bits per heavy atom. The Morgan fingerprint density at radius 1 is 1.13 bits per heavy atom. The number of carbonyl (C=O) groups is 1. The number of rotatable bonds is 10. The lowest BCUT2D eigenvalue weighted by atomic mass is 9.92. The van der Waals surface area contributed by atoms with Gasteiger partial charge in [-0.25, -0.2) is 0 Å². The highest BCUT2D eigenvalue weighted by atomic mass is 16.5. The molecule has 0 aliphatic rings. The molecular weight excluding hydrogens is 284 g/mol. The molecule has 0 aromatic rings. The molecule has 0 aliphatic heterocycles. The minimum atomic E-state index is -0.109. The molecule has 0 radical (unpaired) electrons. The zero-order valence-electron chi connectivity index (χ0n) is 16.2. The molecule has 2 atom stereocenters. The predicted octanol–water partition coefficient (Wildman–Crippen LogP) is 6.38. The monoisotopic (exact) mass is 320 g/mol. The number of ether oxygens (including phenoxy) is 1. The van der Waals surface area contributed by atoms with Gasteiger partial charge in [-0.2, -0.15) is 0 Å². The first-order valence-corrected chi connectivity index (χ1v) is 8.90. The molecule has 132 valence electrons. The number of hydrogen-bond donors (Lipinski definition) is 0. The van der Waals surface area contributed by atoms with E-state index in [9.17, 15) is 4.79 Å². The van der Waals surface area contributed by atoms with Crippen LogP contribution in [0.1, 0.15) is 80.6 Å². The van der Waals surface area contributed by atoms with Crippen LogP contribution in [0, 0.1) is 5.92 Å². The summed E-state index contributed by atoms with van der Waals surface area (Å²) in [5.41, 5.74) is 4.18. The average molecular weight is 321 g/mol. The minimum absolute atomic E-state index is 0.0267. The number of esters is 1. The van der Waals surface area contributed by atoms with E-state index in [0.29, 0.717) is 12.3 Å². The second-order valence-corrected chi connectivity index (χ2v) is 6.82. The molecule has 0 aromatic heterocycles. The van der Waals surface area contributed by atoms with Crippen LogP contribution < -0.4 is 0 Å². The van der Waals surface area contributed by atoms with E-state index < -0.39 is 0 Å². The van der Waals surface area contributed by atoms with Crippen molar-refractivity contribution in [3.05, 3.63) is 34.9 Å². The summed E-state index contributed by atoms with van der Waals surface area (Å²) in [5.74, 6) is 0.321. The lowest BCUT2D eigenvalue weighted by Crippen LogP contribution is -2.17. The van der Waals surface area contributed by atoms with Crippen molar-refractivity contribution in [2.45, 2.75) is 86.7 Å². The van der Waals surface area contributed by atoms with Gasteiger partial charge in [-0.1, -0.05) is 41.9 Å². The van der Waals surface area contributed by atoms with E-state index in [1.54, 1.807) is 0 Å². The van der Waals surface area contributed by atoms with Crippen molar-refractivity contribution in [2.24, 2.45) is 5.92 Å². The zero-order chi connectivity index (χ0) is 17.8. The van der Waals surface area contributed by atoms with E-state index in [2.05, 4.69) is 52.8 Å². The molecule has 2 heteroatoms. The van der Waals surface area contributed by atoms with Crippen molar-refractivity contribution in [1.82, 2.24) is 0 Å². The summed E-state index contributed by atoms with van der Waals surface area (Å²) in [7, 11) is 0. The molecule has 0 spiro atoms. The lowest BCUT2D eigenvalue weighted by molar-refractivity contribution is -0.148. The van der Waals surface area contributed by atoms with Crippen molar-refractivity contribution >= 4 is 5.97 Å². The third-order valence-electron chi connectivity index (χ3n) is 3.93. The van der Waals surface area contributed by atoms with Gasteiger partial charge in [0.05, 0.1) is 6.10 Å². The Bertz CT molecular complexity index is 437. The molecule has 0 saturated heterocycles. The van der Waals surface area contributed by atoms with Crippen molar-refractivity contribution < 1.29 is 9.53 Å². The summed E-state index contributed by atoms with van der Waals surface area (Å²) in [6.45, 7) is 14.6. The van der Waals surface area contributed by atoms with Crippen molar-refractivity contribution in [2.75, 3.05) is 0 Å². The zero-order valence-corrected chi connectivity index (χ0v) is 16.2. The maximum Gasteiger partial charge on any atom is 0.305 e. The van der Waals surface area contributed by atoms with E-state index in [1.807, 2.05) is 13.8 Å². The second-order valence-electron chi connectivity index (χ2n) is 6.82. The van der Waals surface area contributed by atoms with E-state index in [0.717, 1.165) is 25.7 Å². The molecule has 2 unspecified atom stereocenters. The van der Waals surface area contributed by atoms with Crippen LogP contribution in [-0.4, -0.2) is 12.1 Å². The molecule has 23 heavy (non-hydrogen) atoms. The summed E-state index contributed by atoms with van der Waals surface area (Å²) in [4.78, 5) is 11.4. The standard InChI is InChI=1S/C21H36O2/c1-8-17(5)11-10-12-18(6)14-20(13-16(3)4)15-19(7)23-21(22)9-2/h8,12-13,19-20H,9-11,14-15H2,1-7H3. The van der Waals surface area contributed by atoms with Gasteiger partial charge in [0.2, 0.25) is 0 Å². The summed E-state index contributed by atoms with van der Waals surface area (Å²) < 4.78 is 5.43. The van der Waals surface area contributed by atoms with Gasteiger partial charge >= 0.3 is 5.97 Å². The molecule has 0 rings (SSSR count). The molecule has 0 fully saturated rings. The third-order valence-corrected chi connectivity index (χ3v) is 3.93. The molecule has 2 nitrogen and oxygen atoms in total. The van der Waals surface area contributed by atoms with Crippen LogP contribution in [0.15, 0.2) is 34.9 Å². The fourth-order valence-corrected chi connectivity index (χ4v) is 2.65. The summed E-state index contributed by atoms with van der Waals surface area (Å²) in [6, 6.07) is 0. The van der Waals surface area contributed by atoms with Gasteiger partial charge in [-0.15, -0.1) is 0 Å². The lowest BCUT2D eigenvalue weighted by Gasteiger charge is -2.19. The largest absolute Gasteiger partial charge is 0.463 e. The van der Waals surface area contributed by atoms with E-state index in [-0.39, 0.29) is 12.1 Å². The van der Waals surface area contributed by atoms with Crippen LogP contribution in [0.3, 0.4) is 0 Å². The molecular formula is C21H36O2. The van der Waals surface area contributed by atoms with Crippen LogP contribution in [0.2, 0.25) is 0 Å². The smallest absolute Gasteiger partial charge is 0.305 e. The van der Waals surface area contributed by atoms with Crippen molar-refractivity contribution in [3.8, 4) is 0 Å². The quantitative estimate of drug-likeness (QED) is 0.344. The second kappa shape index (κ2) is 12.2. The van der Waals surface area contributed by atoms with Gasteiger partial charge < -0.3 is 4.74 Å². The van der Waals surface area contributed by atoms with Crippen LogP contribution in [-0.2, 0) is 9.53 Å². The normalized spacial score (nSPS) is 15.1. The average Bonchev–Trinajstić information content (AvgIpc) is 2.45. The van der Waals surface area contributed by atoms with Crippen molar-refractivity contribution in [1.29, 1.82) is 0 Å². The Kier molecular flexibility index (Phi) is 11.5. The third kappa shape index (κ3) is 11.9. The molecule has 0 heterocycles. The van der Waals surface area contributed by atoms with Crippen LogP contribution in [0.25, 0.3) is 0 Å². The topological polar surface area (TPSA) is 26.3 Å². The Balaban J connectivity index is 4.63. The van der Waals surface area contributed by atoms with Gasteiger partial charge in [-0.05, 0) is 73.1 Å². The highest BCUT2D eigenvalue weighted by Gasteiger charge is 2.14. The van der Waals surface area contributed by atoms with Crippen LogP contribution in [0.4, 0.5) is 0 Å². The fraction of sp³-hybridized carbons (Fsp3) is 0.667. The van der Waals surface area contributed by atoms with Gasteiger partial charge in [0.25, 0.3) is 0 Å². The Morgan fingerprint density at radius 2 is 1.78 bits per heavy atom. The first kappa shape index (κ1) is 21.7. The first-order valence-electron chi connectivity index (χ1n) is 8.90. The SMILES string of the molecule is CC=C(C)CCC=C(C)CC(C=C(C)C)CC(C)OC(=O)CC. The maximum atomic E-state index is 11.4. The number of carbonyl (C=O) groups excluding carboxylic acids is 1. The van der Waals surface area contributed by atoms with E-state index in [1.165, 1.54) is 16.7 Å². The molecule has 0 aromatic carbocycles. The summed E-state index contributed by atoms with van der Waals surface area (Å²) in [6.07, 6.45) is 11.4. The van der Waals surface area contributed by atoms with Gasteiger partial charge in [0, 0.05) is 6.42 Å². The molecule has 0 saturated carbocycles. The van der Waals surface area contributed by atoms with E-state index in [4.69, 9.17) is 4.74 Å². The van der Waals surface area contributed by atoms with Crippen LogP contribution >= 0.6 is 0 Å². The van der Waals surface area contributed by atoms with Gasteiger partial charge in [-0.3, -0.25) is 4.79 Å². The van der Waals surface area contributed by atoms with E-state index >= 15 is 0 Å². The maximum absolute atomic E-state index is 11.4. The summed E-state index contributed by atoms with van der Waals surface area (Å²) in [5, 5.41) is 0. The number of allylic oxidation sites excluding steroid dienone is 6. The molecule has 0 N–H and O–H groups in total. The van der Waals surface area contributed by atoms with Crippen LogP contribution in [0.5, 0.6) is 0 Å². The fourth-order valence-electron chi connectivity index (χ4n) is 2.65. The highest BCUT2D eigenvalue weighted by molar-refractivity contribution is 5.69. The van der Waals surface area contributed by atoms with Crippen molar-refractivity contribution in [3.63, 3.8) is 0 Å². The Hall–Kier alpha value is -1.31. The molecule has 0 amide bonds. The molecule has 0 bridgehead atoms.